The smallest absolute Gasteiger partial charge is 0.136 e. The van der Waals surface area contributed by atoms with E-state index >= 15 is 0 Å². The first-order valence-electron chi connectivity index (χ1n) is 15.2. The molecule has 0 unspecified atom stereocenters. The standard InChI is InChI=1S/C42H24O2S/c1-3-7-37-31(5-1)36-21-27(16-20-38(36)43-37)29-14-18-33-32-17-13-28(22-39(32)44-40(33)23-29)25-9-11-26(12-10-25)30-15-19-35-34-6-2-4-8-41(34)45-42(35)24-30/h1-24H. The predicted molar refractivity (Wildman–Crippen MR) is 190 cm³/mol. The molecule has 0 N–H and O–H groups in total. The van der Waals surface area contributed by atoms with Crippen LogP contribution in [0, 0.1) is 0 Å². The van der Waals surface area contributed by atoms with Gasteiger partial charge in [0.25, 0.3) is 0 Å². The Morgan fingerprint density at radius 3 is 1.51 bits per heavy atom. The molecule has 0 radical (unpaired) electrons. The van der Waals surface area contributed by atoms with Crippen LogP contribution >= 0.6 is 11.3 Å². The molecule has 0 atom stereocenters. The topological polar surface area (TPSA) is 26.3 Å². The number of benzene rings is 7. The average molecular weight is 593 g/mol. The number of thiophene rings is 1. The van der Waals surface area contributed by atoms with Crippen LogP contribution in [0.5, 0.6) is 0 Å². The van der Waals surface area contributed by atoms with Crippen molar-refractivity contribution in [1.82, 2.24) is 0 Å². The fourth-order valence-corrected chi connectivity index (χ4v) is 7.95. The summed E-state index contributed by atoms with van der Waals surface area (Å²) in [5, 5.41) is 7.18. The van der Waals surface area contributed by atoms with E-state index in [9.17, 15) is 0 Å². The fraction of sp³-hybridized carbons (Fsp3) is 0. The molecule has 0 aliphatic carbocycles. The van der Waals surface area contributed by atoms with Crippen molar-refractivity contribution in [2.45, 2.75) is 0 Å². The summed E-state index contributed by atoms with van der Waals surface area (Å²) < 4.78 is 15.2. The highest BCUT2D eigenvalue weighted by Crippen LogP contribution is 2.39. The highest BCUT2D eigenvalue weighted by Gasteiger charge is 2.13. The monoisotopic (exact) mass is 592 g/mol. The van der Waals surface area contributed by atoms with Gasteiger partial charge < -0.3 is 8.83 Å². The molecule has 0 amide bonds. The van der Waals surface area contributed by atoms with Gasteiger partial charge in [0.05, 0.1) is 0 Å². The van der Waals surface area contributed by atoms with Gasteiger partial charge in [-0.05, 0) is 88.0 Å². The van der Waals surface area contributed by atoms with Crippen molar-refractivity contribution in [3.63, 3.8) is 0 Å². The predicted octanol–water partition coefficient (Wildman–Crippen LogP) is 12.9. The van der Waals surface area contributed by atoms with Crippen molar-refractivity contribution in [2.24, 2.45) is 0 Å². The fourth-order valence-electron chi connectivity index (χ4n) is 6.80. The van der Waals surface area contributed by atoms with Gasteiger partial charge in [0.1, 0.15) is 22.3 Å². The lowest BCUT2D eigenvalue weighted by molar-refractivity contribution is 0.669. The van der Waals surface area contributed by atoms with E-state index in [2.05, 4.69) is 133 Å². The lowest BCUT2D eigenvalue weighted by Crippen LogP contribution is -1.81. The van der Waals surface area contributed by atoms with Gasteiger partial charge >= 0.3 is 0 Å². The van der Waals surface area contributed by atoms with Crippen molar-refractivity contribution in [1.29, 1.82) is 0 Å². The van der Waals surface area contributed by atoms with Gasteiger partial charge in [0.2, 0.25) is 0 Å². The number of para-hydroxylation sites is 1. The number of fused-ring (bicyclic) bond motifs is 9. The Labute approximate surface area is 262 Å². The van der Waals surface area contributed by atoms with Gasteiger partial charge in [0, 0.05) is 41.7 Å². The zero-order valence-electron chi connectivity index (χ0n) is 24.1. The van der Waals surface area contributed by atoms with Gasteiger partial charge in [-0.15, -0.1) is 11.3 Å². The van der Waals surface area contributed by atoms with Crippen LogP contribution in [0.1, 0.15) is 0 Å². The van der Waals surface area contributed by atoms with Crippen LogP contribution in [0.25, 0.3) is 97.4 Å². The Balaban J connectivity index is 0.986. The van der Waals surface area contributed by atoms with Crippen LogP contribution in [0.2, 0.25) is 0 Å². The Hall–Kier alpha value is -5.64. The van der Waals surface area contributed by atoms with Gasteiger partial charge in [-0.2, -0.15) is 0 Å². The first-order chi connectivity index (χ1) is 22.2. The molecular weight excluding hydrogens is 569 g/mol. The first-order valence-corrected chi connectivity index (χ1v) is 16.0. The second-order valence-electron chi connectivity index (χ2n) is 11.7. The van der Waals surface area contributed by atoms with Crippen LogP contribution in [-0.2, 0) is 0 Å². The van der Waals surface area contributed by atoms with Crippen LogP contribution in [-0.4, -0.2) is 0 Å². The van der Waals surface area contributed by atoms with Crippen LogP contribution in [0.15, 0.2) is 154 Å². The lowest BCUT2D eigenvalue weighted by atomic mass is 9.98. The molecule has 3 heterocycles. The number of furan rings is 2. The van der Waals surface area contributed by atoms with Crippen molar-refractivity contribution < 1.29 is 8.83 Å². The maximum absolute atomic E-state index is 6.46. The molecule has 10 rings (SSSR count). The van der Waals surface area contributed by atoms with E-state index < -0.39 is 0 Å². The minimum atomic E-state index is 0.892. The Kier molecular flexibility index (Phi) is 5.19. The average Bonchev–Trinajstić information content (AvgIpc) is 3.78. The SMILES string of the molecule is c1ccc2c(c1)oc1ccc(-c3ccc4c(c3)oc3cc(-c5ccc(-c6ccc7c(c6)sc6ccccc67)cc5)ccc34)cc12. The summed E-state index contributed by atoms with van der Waals surface area (Å²) in [6, 6.07) is 52.0. The Morgan fingerprint density at radius 2 is 0.756 bits per heavy atom. The molecule has 45 heavy (non-hydrogen) atoms. The molecule has 10 aromatic rings. The highest BCUT2D eigenvalue weighted by molar-refractivity contribution is 7.25. The maximum Gasteiger partial charge on any atom is 0.136 e. The van der Waals surface area contributed by atoms with E-state index in [1.807, 2.05) is 23.5 Å². The van der Waals surface area contributed by atoms with Crippen molar-refractivity contribution in [3.8, 4) is 33.4 Å². The molecule has 7 aromatic carbocycles. The zero-order chi connectivity index (χ0) is 29.5. The second-order valence-corrected chi connectivity index (χ2v) is 12.8. The number of hydrogen-bond donors (Lipinski definition) is 0. The van der Waals surface area contributed by atoms with Crippen molar-refractivity contribution in [3.05, 3.63) is 146 Å². The molecule has 3 heteroatoms. The number of rotatable bonds is 3. The van der Waals surface area contributed by atoms with Crippen LogP contribution in [0.4, 0.5) is 0 Å². The second kappa shape index (κ2) is 9.43. The molecule has 0 saturated heterocycles. The molecular formula is C42H24O2S. The third kappa shape index (κ3) is 3.88. The zero-order valence-corrected chi connectivity index (χ0v) is 24.9. The third-order valence-corrected chi connectivity index (χ3v) is 10.2. The normalized spacial score (nSPS) is 12.0. The van der Waals surface area contributed by atoms with E-state index in [-0.39, 0.29) is 0 Å². The first kappa shape index (κ1) is 24.8. The van der Waals surface area contributed by atoms with Gasteiger partial charge in [-0.3, -0.25) is 0 Å². The highest BCUT2D eigenvalue weighted by atomic mass is 32.1. The van der Waals surface area contributed by atoms with E-state index in [0.29, 0.717) is 0 Å². The molecule has 2 nitrogen and oxygen atoms in total. The molecule has 0 aliphatic heterocycles. The summed E-state index contributed by atoms with van der Waals surface area (Å²) >= 11 is 1.86. The van der Waals surface area contributed by atoms with Gasteiger partial charge in [0.15, 0.2) is 0 Å². The molecule has 0 saturated carbocycles. The molecule has 0 fully saturated rings. The molecule has 0 spiro atoms. The summed E-state index contributed by atoms with van der Waals surface area (Å²) in [6.45, 7) is 0. The van der Waals surface area contributed by atoms with Crippen molar-refractivity contribution in [2.75, 3.05) is 0 Å². The number of hydrogen-bond acceptors (Lipinski definition) is 3. The summed E-state index contributed by atoms with van der Waals surface area (Å²) in [6.07, 6.45) is 0. The molecule has 210 valence electrons. The third-order valence-electron chi connectivity index (χ3n) is 9.11. The van der Waals surface area contributed by atoms with Gasteiger partial charge in [-0.25, -0.2) is 0 Å². The van der Waals surface area contributed by atoms with Crippen molar-refractivity contribution >= 4 is 75.4 Å². The largest absolute Gasteiger partial charge is 0.456 e. The summed E-state index contributed by atoms with van der Waals surface area (Å²) in [4.78, 5) is 0. The lowest BCUT2D eigenvalue weighted by Gasteiger charge is -2.06. The Morgan fingerprint density at radius 1 is 0.289 bits per heavy atom. The van der Waals surface area contributed by atoms with Gasteiger partial charge in [-0.1, -0.05) is 91.0 Å². The molecule has 3 aromatic heterocycles. The quantitative estimate of drug-likeness (QED) is 0.204. The summed E-state index contributed by atoms with van der Waals surface area (Å²) in [5.41, 5.74) is 10.7. The molecule has 0 aliphatic rings. The maximum atomic E-state index is 6.46. The summed E-state index contributed by atoms with van der Waals surface area (Å²) in [5.74, 6) is 0. The van der Waals surface area contributed by atoms with E-state index in [1.165, 1.54) is 36.9 Å². The minimum Gasteiger partial charge on any atom is -0.456 e. The minimum absolute atomic E-state index is 0.892. The summed E-state index contributed by atoms with van der Waals surface area (Å²) in [7, 11) is 0. The van der Waals surface area contributed by atoms with Crippen LogP contribution < -0.4 is 0 Å². The van der Waals surface area contributed by atoms with Crippen LogP contribution in [0.3, 0.4) is 0 Å². The van der Waals surface area contributed by atoms with E-state index in [0.717, 1.165) is 60.6 Å². The molecule has 0 bridgehead atoms. The Bertz CT molecular complexity index is 2760. The van der Waals surface area contributed by atoms with E-state index in [4.69, 9.17) is 8.83 Å². The van der Waals surface area contributed by atoms with E-state index in [1.54, 1.807) is 0 Å².